The minimum absolute atomic E-state index is 0.0833. The molecule has 2 heterocycles. The molecule has 0 unspecified atom stereocenters. The molecule has 0 spiro atoms. The van der Waals surface area contributed by atoms with Crippen molar-refractivity contribution in [3.8, 4) is 23.3 Å². The molecule has 4 rings (SSSR count). The number of carbonyl (C=O) groups is 1. The van der Waals surface area contributed by atoms with Crippen LogP contribution < -0.4 is 15.4 Å². The van der Waals surface area contributed by atoms with Gasteiger partial charge < -0.3 is 15.4 Å². The molecule has 4 aromatic rings. The molecule has 2 aromatic carbocycles. The maximum atomic E-state index is 11.2. The highest BCUT2D eigenvalue weighted by Crippen LogP contribution is 2.29. The van der Waals surface area contributed by atoms with E-state index in [2.05, 4.69) is 37.4 Å². The van der Waals surface area contributed by atoms with Crippen LogP contribution in [0.4, 0.5) is 11.5 Å². The number of anilines is 2. The number of ether oxygens (including phenoxy) is 1. The number of nitrogens with zero attached hydrogens (tertiary/aromatic N) is 3. The third-order valence-electron chi connectivity index (χ3n) is 4.66. The fourth-order valence-corrected chi connectivity index (χ4v) is 3.18. The monoisotopic (exact) mass is 457 g/mol. The molecule has 2 aromatic heterocycles. The Morgan fingerprint density at radius 3 is 2.85 bits per heavy atom. The van der Waals surface area contributed by atoms with Crippen LogP contribution in [-0.4, -0.2) is 33.3 Å². The van der Waals surface area contributed by atoms with Gasteiger partial charge >= 0.3 is 0 Å². The zero-order valence-corrected chi connectivity index (χ0v) is 18.6. The van der Waals surface area contributed by atoms with E-state index in [1.807, 2.05) is 55.5 Å². The van der Waals surface area contributed by atoms with Gasteiger partial charge in [0.25, 0.3) is 0 Å². The predicted octanol–water partition coefficient (Wildman–Crippen LogP) is 4.58. The molecule has 0 aliphatic carbocycles. The molecule has 1 amide bonds. The molecule has 0 saturated heterocycles. The molecule has 0 saturated carbocycles. The molecule has 0 aliphatic rings. The highest BCUT2D eigenvalue weighted by molar-refractivity contribution is 6.27. The van der Waals surface area contributed by atoms with Crippen molar-refractivity contribution in [1.82, 2.24) is 20.3 Å². The SMILES string of the molecule is Cc1cc(Nc2ncnc3ccc(C#CCNC(=O)CCl)cc23)ccc1Oc1cccnc1. The van der Waals surface area contributed by atoms with Crippen LogP contribution in [0.15, 0.2) is 67.3 Å². The standard InChI is InChI=1S/C25H20ClN5O2/c1-17-12-19(7-9-23(17)33-20-5-3-10-27-15-20)31-25-21-13-18(4-2-11-28-24(32)14-26)6-8-22(21)29-16-30-25/h3,5-10,12-13,15-16H,11,14H2,1H3,(H,28,32)(H,29,30,31). The van der Waals surface area contributed by atoms with E-state index >= 15 is 0 Å². The second-order valence-electron chi connectivity index (χ2n) is 7.06. The van der Waals surface area contributed by atoms with Gasteiger partial charge in [0.1, 0.15) is 29.5 Å². The molecular weight excluding hydrogens is 438 g/mol. The first-order valence-electron chi connectivity index (χ1n) is 10.1. The van der Waals surface area contributed by atoms with Crippen molar-refractivity contribution in [2.24, 2.45) is 0 Å². The zero-order valence-electron chi connectivity index (χ0n) is 17.8. The van der Waals surface area contributed by atoms with Crippen molar-refractivity contribution in [1.29, 1.82) is 0 Å². The normalized spacial score (nSPS) is 10.2. The average molecular weight is 458 g/mol. The Labute approximate surface area is 196 Å². The lowest BCUT2D eigenvalue weighted by Gasteiger charge is -2.12. The quantitative estimate of drug-likeness (QED) is 0.325. The van der Waals surface area contributed by atoms with Crippen LogP contribution in [0.2, 0.25) is 0 Å². The van der Waals surface area contributed by atoms with Crippen molar-refractivity contribution in [3.63, 3.8) is 0 Å². The summed E-state index contributed by atoms with van der Waals surface area (Å²) in [4.78, 5) is 24.0. The summed E-state index contributed by atoms with van der Waals surface area (Å²) in [5.74, 6) is 7.71. The third kappa shape index (κ3) is 5.76. The molecule has 0 atom stereocenters. The minimum atomic E-state index is -0.253. The maximum absolute atomic E-state index is 11.2. The Hall–Kier alpha value is -4.15. The Bertz CT molecular complexity index is 1350. The number of benzene rings is 2. The van der Waals surface area contributed by atoms with Crippen molar-refractivity contribution >= 4 is 39.9 Å². The van der Waals surface area contributed by atoms with Gasteiger partial charge in [-0.15, -0.1) is 11.6 Å². The van der Waals surface area contributed by atoms with Crippen molar-refractivity contribution < 1.29 is 9.53 Å². The van der Waals surface area contributed by atoms with Gasteiger partial charge in [-0.1, -0.05) is 11.8 Å². The van der Waals surface area contributed by atoms with Gasteiger partial charge in [-0.05, 0) is 61.0 Å². The highest BCUT2D eigenvalue weighted by Gasteiger charge is 2.08. The first-order valence-corrected chi connectivity index (χ1v) is 10.7. The lowest BCUT2D eigenvalue weighted by molar-refractivity contribution is -0.118. The van der Waals surface area contributed by atoms with Crippen LogP contribution in [0.25, 0.3) is 10.9 Å². The van der Waals surface area contributed by atoms with Crippen LogP contribution in [-0.2, 0) is 4.79 Å². The Kier molecular flexibility index (Phi) is 6.98. The van der Waals surface area contributed by atoms with E-state index < -0.39 is 0 Å². The van der Waals surface area contributed by atoms with Crippen molar-refractivity contribution in [2.75, 3.05) is 17.7 Å². The van der Waals surface area contributed by atoms with Crippen LogP contribution >= 0.6 is 11.6 Å². The molecule has 33 heavy (non-hydrogen) atoms. The average Bonchev–Trinajstić information content (AvgIpc) is 2.84. The van der Waals surface area contributed by atoms with Crippen LogP contribution in [0, 0.1) is 18.8 Å². The van der Waals surface area contributed by atoms with E-state index in [9.17, 15) is 4.79 Å². The van der Waals surface area contributed by atoms with Crippen molar-refractivity contribution in [3.05, 3.63) is 78.4 Å². The Balaban J connectivity index is 1.54. The fourth-order valence-electron chi connectivity index (χ4n) is 3.08. The smallest absolute Gasteiger partial charge is 0.235 e. The van der Waals surface area contributed by atoms with Gasteiger partial charge in [0.15, 0.2) is 0 Å². The lowest BCUT2D eigenvalue weighted by Crippen LogP contribution is -2.24. The van der Waals surface area contributed by atoms with Gasteiger partial charge in [-0.3, -0.25) is 9.78 Å². The van der Waals surface area contributed by atoms with Crippen molar-refractivity contribution in [2.45, 2.75) is 6.92 Å². The number of aromatic nitrogens is 3. The molecule has 164 valence electrons. The van der Waals surface area contributed by atoms with Crippen LogP contribution in [0.3, 0.4) is 0 Å². The summed E-state index contributed by atoms with van der Waals surface area (Å²) in [7, 11) is 0. The van der Waals surface area contributed by atoms with Crippen LogP contribution in [0.1, 0.15) is 11.1 Å². The maximum Gasteiger partial charge on any atom is 0.235 e. The fraction of sp³-hybridized carbons (Fsp3) is 0.120. The van der Waals surface area contributed by atoms with Gasteiger partial charge in [0.2, 0.25) is 5.91 Å². The van der Waals surface area contributed by atoms with E-state index in [1.54, 1.807) is 12.4 Å². The number of amides is 1. The summed E-state index contributed by atoms with van der Waals surface area (Å²) in [6.45, 7) is 2.21. The van der Waals surface area contributed by atoms with E-state index in [0.717, 1.165) is 33.5 Å². The predicted molar refractivity (Wildman–Crippen MR) is 129 cm³/mol. The molecule has 2 N–H and O–H groups in total. The molecule has 0 bridgehead atoms. The van der Waals surface area contributed by atoms with E-state index in [1.165, 1.54) is 6.33 Å². The number of carbonyl (C=O) groups excluding carboxylic acids is 1. The first-order chi connectivity index (χ1) is 16.1. The summed E-state index contributed by atoms with van der Waals surface area (Å²) in [5.41, 5.74) is 3.41. The molecule has 0 fully saturated rings. The molecular formula is C25H20ClN5O2. The summed E-state index contributed by atoms with van der Waals surface area (Å²) in [6.07, 6.45) is 4.89. The van der Waals surface area contributed by atoms with E-state index in [0.29, 0.717) is 11.6 Å². The zero-order chi connectivity index (χ0) is 23.0. The summed E-state index contributed by atoms with van der Waals surface area (Å²) in [6, 6.07) is 15.2. The lowest BCUT2D eigenvalue weighted by atomic mass is 10.1. The summed E-state index contributed by atoms with van der Waals surface area (Å²) < 4.78 is 5.90. The number of aryl methyl sites for hydroxylation is 1. The molecule has 8 heteroatoms. The number of pyridine rings is 1. The molecule has 0 aliphatic heterocycles. The summed E-state index contributed by atoms with van der Waals surface area (Å²) in [5, 5.41) is 6.81. The second kappa shape index (κ2) is 10.4. The largest absolute Gasteiger partial charge is 0.455 e. The number of hydrogen-bond acceptors (Lipinski definition) is 6. The number of nitrogens with one attached hydrogen (secondary N) is 2. The number of fused-ring (bicyclic) bond motifs is 1. The number of hydrogen-bond donors (Lipinski definition) is 2. The molecule has 7 nitrogen and oxygen atoms in total. The Morgan fingerprint density at radius 1 is 1.15 bits per heavy atom. The highest BCUT2D eigenvalue weighted by atomic mass is 35.5. The first kappa shape index (κ1) is 22.1. The molecule has 0 radical (unpaired) electrons. The van der Waals surface area contributed by atoms with Gasteiger partial charge in [0.05, 0.1) is 18.3 Å². The van der Waals surface area contributed by atoms with Gasteiger partial charge in [0, 0.05) is 22.8 Å². The van der Waals surface area contributed by atoms with Gasteiger partial charge in [-0.2, -0.15) is 0 Å². The second-order valence-corrected chi connectivity index (χ2v) is 7.33. The topological polar surface area (TPSA) is 89.0 Å². The number of rotatable bonds is 6. The van der Waals surface area contributed by atoms with E-state index in [-0.39, 0.29) is 18.3 Å². The number of halogens is 1. The van der Waals surface area contributed by atoms with Crippen LogP contribution in [0.5, 0.6) is 11.5 Å². The third-order valence-corrected chi connectivity index (χ3v) is 4.91. The Morgan fingerprint density at radius 2 is 2.06 bits per heavy atom. The van der Waals surface area contributed by atoms with E-state index in [4.69, 9.17) is 16.3 Å². The number of alkyl halides is 1. The summed E-state index contributed by atoms with van der Waals surface area (Å²) >= 11 is 5.46. The minimum Gasteiger partial charge on any atom is -0.455 e. The van der Waals surface area contributed by atoms with Gasteiger partial charge in [-0.25, -0.2) is 9.97 Å².